The van der Waals surface area contributed by atoms with E-state index in [1.165, 1.54) is 6.07 Å². The maximum atomic E-state index is 12.9. The lowest BCUT2D eigenvalue weighted by Gasteiger charge is -2.36. The molecule has 128 valence electrons. The normalized spacial score (nSPS) is 15.7. The van der Waals surface area contributed by atoms with Crippen molar-refractivity contribution in [2.45, 2.75) is 13.1 Å². The van der Waals surface area contributed by atoms with Crippen molar-refractivity contribution in [1.82, 2.24) is 9.97 Å². The Kier molecular flexibility index (Phi) is 4.21. The molecule has 0 radical (unpaired) electrons. The quantitative estimate of drug-likeness (QED) is 0.914. The molecule has 1 fully saturated rings. The minimum atomic E-state index is -4.37. The molecule has 2 aromatic rings. The van der Waals surface area contributed by atoms with Crippen molar-refractivity contribution in [1.29, 1.82) is 0 Å². The molecule has 3 heterocycles. The molecule has 1 aliphatic heterocycles. The van der Waals surface area contributed by atoms with Gasteiger partial charge in [0.25, 0.3) is 0 Å². The zero-order valence-electron chi connectivity index (χ0n) is 13.1. The molecule has 0 atom stereocenters. The summed E-state index contributed by atoms with van der Waals surface area (Å²) in [6.45, 7) is 3.97. The van der Waals surface area contributed by atoms with Crippen LogP contribution in [0.2, 0.25) is 0 Å². The van der Waals surface area contributed by atoms with E-state index in [2.05, 4.69) is 14.9 Å². The summed E-state index contributed by atoms with van der Waals surface area (Å²) in [6, 6.07) is 5.35. The second-order valence-corrected chi connectivity index (χ2v) is 5.74. The lowest BCUT2D eigenvalue weighted by Crippen LogP contribution is -2.47. The first-order chi connectivity index (χ1) is 11.3. The van der Waals surface area contributed by atoms with Crippen molar-refractivity contribution in [2.75, 3.05) is 36.0 Å². The molecule has 2 aromatic heterocycles. The number of aromatic amines is 1. The predicted molar refractivity (Wildman–Crippen MR) is 85.5 cm³/mol. The van der Waals surface area contributed by atoms with E-state index in [0.29, 0.717) is 37.7 Å². The molecule has 0 aromatic carbocycles. The Hall–Kier alpha value is -2.51. The van der Waals surface area contributed by atoms with Crippen molar-refractivity contribution in [2.24, 2.45) is 0 Å². The molecule has 8 heteroatoms. The van der Waals surface area contributed by atoms with Gasteiger partial charge in [-0.1, -0.05) is 0 Å². The Morgan fingerprint density at radius 3 is 2.33 bits per heavy atom. The lowest BCUT2D eigenvalue weighted by molar-refractivity contribution is -0.137. The fraction of sp³-hybridized carbons (Fsp3) is 0.375. The van der Waals surface area contributed by atoms with Crippen LogP contribution in [-0.4, -0.2) is 36.1 Å². The number of hydrogen-bond donors (Lipinski definition) is 1. The number of alkyl halides is 3. The van der Waals surface area contributed by atoms with Crippen LogP contribution >= 0.6 is 0 Å². The molecule has 5 nitrogen and oxygen atoms in total. The molecule has 0 unspecified atom stereocenters. The minimum Gasteiger partial charge on any atom is -0.367 e. The van der Waals surface area contributed by atoms with E-state index in [1.54, 1.807) is 19.2 Å². The molecular formula is C16H17F3N4O. The average Bonchev–Trinajstić information content (AvgIpc) is 2.54. The van der Waals surface area contributed by atoms with E-state index in [1.807, 2.05) is 4.90 Å². The molecule has 1 N–H and O–H groups in total. The SMILES string of the molecule is Cc1cc(C(F)(F)F)cc(N2CCN(c3ccc(=O)[nH]c3)CC2)n1. The van der Waals surface area contributed by atoms with Crippen molar-refractivity contribution >= 4 is 11.5 Å². The third-order valence-corrected chi connectivity index (χ3v) is 4.00. The summed E-state index contributed by atoms with van der Waals surface area (Å²) < 4.78 is 38.8. The zero-order valence-corrected chi connectivity index (χ0v) is 13.1. The van der Waals surface area contributed by atoms with Crippen LogP contribution in [0.5, 0.6) is 0 Å². The largest absolute Gasteiger partial charge is 0.416 e. The smallest absolute Gasteiger partial charge is 0.367 e. The Balaban J connectivity index is 1.74. The van der Waals surface area contributed by atoms with Gasteiger partial charge in [0.15, 0.2) is 0 Å². The van der Waals surface area contributed by atoms with Gasteiger partial charge >= 0.3 is 6.18 Å². The highest BCUT2D eigenvalue weighted by Gasteiger charge is 2.32. The lowest BCUT2D eigenvalue weighted by atomic mass is 10.2. The third kappa shape index (κ3) is 3.52. The first kappa shape index (κ1) is 16.4. The first-order valence-electron chi connectivity index (χ1n) is 7.57. The first-order valence-corrected chi connectivity index (χ1v) is 7.57. The summed E-state index contributed by atoms with van der Waals surface area (Å²) >= 11 is 0. The summed E-state index contributed by atoms with van der Waals surface area (Å²) in [7, 11) is 0. The summed E-state index contributed by atoms with van der Waals surface area (Å²) in [4.78, 5) is 21.9. The van der Waals surface area contributed by atoms with Gasteiger partial charge in [-0.15, -0.1) is 0 Å². The van der Waals surface area contributed by atoms with E-state index in [9.17, 15) is 18.0 Å². The maximum Gasteiger partial charge on any atom is 0.416 e. The highest BCUT2D eigenvalue weighted by molar-refractivity contribution is 5.49. The fourth-order valence-electron chi connectivity index (χ4n) is 2.77. The Labute approximate surface area is 136 Å². The Morgan fingerprint density at radius 1 is 1.08 bits per heavy atom. The number of aryl methyl sites for hydroxylation is 1. The average molecular weight is 338 g/mol. The van der Waals surface area contributed by atoms with Gasteiger partial charge in [-0.2, -0.15) is 13.2 Å². The van der Waals surface area contributed by atoms with Crippen LogP contribution < -0.4 is 15.4 Å². The van der Waals surface area contributed by atoms with Crippen molar-refractivity contribution in [3.8, 4) is 0 Å². The molecule has 0 amide bonds. The van der Waals surface area contributed by atoms with Gasteiger partial charge in [-0.05, 0) is 25.1 Å². The zero-order chi connectivity index (χ0) is 17.3. The van der Waals surface area contributed by atoms with Crippen LogP contribution in [-0.2, 0) is 6.18 Å². The second kappa shape index (κ2) is 6.18. The maximum absolute atomic E-state index is 12.9. The Bertz CT molecular complexity index is 759. The minimum absolute atomic E-state index is 0.166. The number of piperazine rings is 1. The molecular weight excluding hydrogens is 321 g/mol. The van der Waals surface area contributed by atoms with Crippen LogP contribution in [0.1, 0.15) is 11.3 Å². The van der Waals surface area contributed by atoms with Crippen LogP contribution in [0.15, 0.2) is 35.3 Å². The number of rotatable bonds is 2. The third-order valence-electron chi connectivity index (χ3n) is 4.00. The van der Waals surface area contributed by atoms with E-state index in [4.69, 9.17) is 0 Å². The molecule has 3 rings (SSSR count). The molecule has 0 aliphatic carbocycles. The number of aromatic nitrogens is 2. The van der Waals surface area contributed by atoms with E-state index in [-0.39, 0.29) is 5.56 Å². The van der Waals surface area contributed by atoms with E-state index < -0.39 is 11.7 Å². The van der Waals surface area contributed by atoms with Crippen LogP contribution in [0, 0.1) is 6.92 Å². The summed E-state index contributed by atoms with van der Waals surface area (Å²) in [5.74, 6) is 0.350. The molecule has 0 spiro atoms. The monoisotopic (exact) mass is 338 g/mol. The number of nitrogens with zero attached hydrogens (tertiary/aromatic N) is 3. The van der Waals surface area contributed by atoms with Crippen molar-refractivity contribution < 1.29 is 13.2 Å². The predicted octanol–water partition coefficient (Wildman–Crippen LogP) is 2.42. The number of H-pyrrole nitrogens is 1. The standard InChI is InChI=1S/C16H17F3N4O/c1-11-8-12(16(17,18)19)9-14(21-11)23-6-4-22(5-7-23)13-2-3-15(24)20-10-13/h2-3,8-10H,4-7H2,1H3,(H,20,24). The molecule has 24 heavy (non-hydrogen) atoms. The van der Waals surface area contributed by atoms with Crippen LogP contribution in [0.4, 0.5) is 24.7 Å². The van der Waals surface area contributed by atoms with Crippen molar-refractivity contribution in [3.05, 3.63) is 52.1 Å². The Morgan fingerprint density at radius 2 is 1.75 bits per heavy atom. The van der Waals surface area contributed by atoms with Crippen molar-refractivity contribution in [3.63, 3.8) is 0 Å². The summed E-state index contributed by atoms with van der Waals surface area (Å²) in [6.07, 6.45) is -2.73. The molecule has 1 saturated heterocycles. The van der Waals surface area contributed by atoms with Gasteiger partial charge in [0.2, 0.25) is 5.56 Å². The molecule has 0 saturated carbocycles. The fourth-order valence-corrected chi connectivity index (χ4v) is 2.77. The van der Waals surface area contributed by atoms with Gasteiger partial charge in [0.1, 0.15) is 5.82 Å². The molecule has 1 aliphatic rings. The summed E-state index contributed by atoms with van der Waals surface area (Å²) in [5.41, 5.74) is 0.402. The van der Waals surface area contributed by atoms with Gasteiger partial charge in [0, 0.05) is 44.1 Å². The second-order valence-electron chi connectivity index (χ2n) is 5.74. The van der Waals surface area contributed by atoms with Crippen LogP contribution in [0.25, 0.3) is 0 Å². The number of hydrogen-bond acceptors (Lipinski definition) is 4. The number of halogens is 3. The van der Waals surface area contributed by atoms with Crippen LogP contribution in [0.3, 0.4) is 0 Å². The van der Waals surface area contributed by atoms with Gasteiger partial charge in [0.05, 0.1) is 11.3 Å². The molecule has 0 bridgehead atoms. The van der Waals surface area contributed by atoms with Gasteiger partial charge in [-0.25, -0.2) is 4.98 Å². The highest BCUT2D eigenvalue weighted by atomic mass is 19.4. The number of nitrogens with one attached hydrogen (secondary N) is 1. The van der Waals surface area contributed by atoms with Gasteiger partial charge in [-0.3, -0.25) is 4.79 Å². The number of pyridine rings is 2. The summed E-state index contributed by atoms with van der Waals surface area (Å²) in [5, 5.41) is 0. The number of anilines is 2. The van der Waals surface area contributed by atoms with E-state index in [0.717, 1.165) is 17.8 Å². The highest BCUT2D eigenvalue weighted by Crippen LogP contribution is 2.32. The van der Waals surface area contributed by atoms with E-state index >= 15 is 0 Å². The van der Waals surface area contributed by atoms with Gasteiger partial charge < -0.3 is 14.8 Å². The topological polar surface area (TPSA) is 52.2 Å².